The highest BCUT2D eigenvalue weighted by Gasteiger charge is 2.61. The molecule has 0 bridgehead atoms. The maximum Gasteiger partial charge on any atom is 0.419 e. The second-order valence-corrected chi connectivity index (χ2v) is 8.88. The van der Waals surface area contributed by atoms with Gasteiger partial charge in [0.05, 0.1) is 6.61 Å². The molecule has 4 fully saturated rings. The van der Waals surface area contributed by atoms with Gasteiger partial charge in [0.25, 0.3) is 0 Å². The van der Waals surface area contributed by atoms with E-state index in [0.29, 0.717) is 18.9 Å². The molecular formula is C21H31NO6. The van der Waals surface area contributed by atoms with Gasteiger partial charge in [0, 0.05) is 5.92 Å². The van der Waals surface area contributed by atoms with Crippen LogP contribution in [0.25, 0.3) is 0 Å². The van der Waals surface area contributed by atoms with Crippen LogP contribution in [-0.4, -0.2) is 53.8 Å². The Bertz CT molecular complexity index is 628. The van der Waals surface area contributed by atoms with Gasteiger partial charge in [-0.1, -0.05) is 38.2 Å². The standard InChI is InChI=1S/C21H31NO6/c1-4-8-14(11-13-9-6-5-7-10-13)18(23)22-19-17(27-20(22)24)16-15(26-19)12-25-21(2,3)28-16/h4,13-17,19H,1,5-12H2,2-3H3/t14-,15+,16-,17+,19-/m0/s1. The van der Waals surface area contributed by atoms with E-state index in [4.69, 9.17) is 18.9 Å². The van der Waals surface area contributed by atoms with Gasteiger partial charge in [-0.3, -0.25) is 4.79 Å². The van der Waals surface area contributed by atoms with Crippen molar-refractivity contribution < 1.29 is 28.5 Å². The Labute approximate surface area is 166 Å². The molecule has 5 atom stereocenters. The summed E-state index contributed by atoms with van der Waals surface area (Å²) in [6.07, 6.45) is 6.35. The third-order valence-corrected chi connectivity index (χ3v) is 6.37. The number of ether oxygens (including phenoxy) is 4. The summed E-state index contributed by atoms with van der Waals surface area (Å²) in [6.45, 7) is 7.80. The Hall–Kier alpha value is -1.44. The zero-order valence-corrected chi connectivity index (χ0v) is 16.8. The van der Waals surface area contributed by atoms with Crippen LogP contribution in [-0.2, 0) is 23.7 Å². The van der Waals surface area contributed by atoms with E-state index in [9.17, 15) is 9.59 Å². The summed E-state index contributed by atoms with van der Waals surface area (Å²) < 4.78 is 23.1. The fourth-order valence-electron chi connectivity index (χ4n) is 4.98. The number of hydrogen-bond donors (Lipinski definition) is 0. The van der Waals surface area contributed by atoms with E-state index in [2.05, 4.69) is 6.58 Å². The Balaban J connectivity index is 1.48. The summed E-state index contributed by atoms with van der Waals surface area (Å²) in [7, 11) is 0. The second-order valence-electron chi connectivity index (χ2n) is 8.88. The number of allylic oxidation sites excluding steroid dienone is 1. The molecule has 156 valence electrons. The molecule has 7 heteroatoms. The number of carbonyl (C=O) groups is 2. The van der Waals surface area contributed by atoms with E-state index in [1.165, 1.54) is 24.2 Å². The van der Waals surface area contributed by atoms with E-state index >= 15 is 0 Å². The van der Waals surface area contributed by atoms with Crippen molar-refractivity contribution in [2.45, 2.75) is 89.1 Å². The van der Waals surface area contributed by atoms with Crippen LogP contribution in [0.1, 0.15) is 58.8 Å². The molecule has 0 aromatic heterocycles. The number of fused-ring (bicyclic) bond motifs is 3. The van der Waals surface area contributed by atoms with Crippen LogP contribution in [0.2, 0.25) is 0 Å². The molecule has 7 nitrogen and oxygen atoms in total. The average Bonchev–Trinajstić information content (AvgIpc) is 3.15. The van der Waals surface area contributed by atoms with Gasteiger partial charge in [-0.25, -0.2) is 9.69 Å². The third-order valence-electron chi connectivity index (χ3n) is 6.37. The molecule has 4 rings (SSSR count). The molecule has 4 aliphatic rings. The molecule has 1 saturated carbocycles. The summed E-state index contributed by atoms with van der Waals surface area (Å²) >= 11 is 0. The van der Waals surface area contributed by atoms with Gasteiger partial charge >= 0.3 is 6.09 Å². The molecule has 0 N–H and O–H groups in total. The maximum atomic E-state index is 13.3. The second kappa shape index (κ2) is 7.76. The normalized spacial score (nSPS) is 35.8. The van der Waals surface area contributed by atoms with Crippen LogP contribution in [0.5, 0.6) is 0 Å². The molecule has 0 aromatic rings. The Morgan fingerprint density at radius 1 is 1.29 bits per heavy atom. The lowest BCUT2D eigenvalue weighted by atomic mass is 9.81. The minimum absolute atomic E-state index is 0.221. The Kier molecular flexibility index (Phi) is 5.51. The quantitative estimate of drug-likeness (QED) is 0.667. The van der Waals surface area contributed by atoms with E-state index in [-0.39, 0.29) is 17.9 Å². The summed E-state index contributed by atoms with van der Waals surface area (Å²) in [6, 6.07) is 0. The number of imide groups is 1. The number of amides is 2. The fraction of sp³-hybridized carbons (Fsp3) is 0.810. The molecule has 2 amide bonds. The minimum atomic E-state index is -0.768. The summed E-state index contributed by atoms with van der Waals surface area (Å²) in [5.74, 6) is -0.731. The van der Waals surface area contributed by atoms with Gasteiger partial charge in [-0.05, 0) is 32.6 Å². The lowest BCUT2D eigenvalue weighted by Crippen LogP contribution is -2.50. The lowest BCUT2D eigenvalue weighted by Gasteiger charge is -2.37. The van der Waals surface area contributed by atoms with E-state index in [1.807, 2.05) is 13.8 Å². The zero-order valence-electron chi connectivity index (χ0n) is 16.8. The van der Waals surface area contributed by atoms with Crippen molar-refractivity contribution in [3.63, 3.8) is 0 Å². The topological polar surface area (TPSA) is 74.3 Å². The SMILES string of the molecule is C=CC[C@@H](CC1CCCCC1)C(=O)N1C(=O)O[C@@H]2[C@H]3OC(C)(C)OC[C@H]3O[C@@H]21. The van der Waals surface area contributed by atoms with Crippen molar-refractivity contribution in [1.82, 2.24) is 4.90 Å². The molecular weight excluding hydrogens is 362 g/mol. The largest absolute Gasteiger partial charge is 0.438 e. The maximum absolute atomic E-state index is 13.3. The molecule has 1 aliphatic carbocycles. The predicted molar refractivity (Wildman–Crippen MR) is 100 cm³/mol. The van der Waals surface area contributed by atoms with Crippen molar-refractivity contribution in [2.24, 2.45) is 11.8 Å². The van der Waals surface area contributed by atoms with Crippen LogP contribution >= 0.6 is 0 Å². The first kappa shape index (κ1) is 19.9. The number of hydrogen-bond acceptors (Lipinski definition) is 6. The van der Waals surface area contributed by atoms with E-state index in [0.717, 1.165) is 19.3 Å². The molecule has 3 aliphatic heterocycles. The first-order chi connectivity index (χ1) is 13.4. The lowest BCUT2D eigenvalue weighted by molar-refractivity contribution is -0.301. The Morgan fingerprint density at radius 2 is 2.04 bits per heavy atom. The van der Waals surface area contributed by atoms with Gasteiger partial charge in [0.2, 0.25) is 5.91 Å². The first-order valence-electron chi connectivity index (χ1n) is 10.5. The van der Waals surface area contributed by atoms with Crippen molar-refractivity contribution in [3.05, 3.63) is 12.7 Å². The van der Waals surface area contributed by atoms with Crippen LogP contribution < -0.4 is 0 Å². The molecule has 3 heterocycles. The summed E-state index contributed by atoms with van der Waals surface area (Å²) in [4.78, 5) is 27.1. The van der Waals surface area contributed by atoms with Crippen LogP contribution in [0.4, 0.5) is 4.79 Å². The first-order valence-corrected chi connectivity index (χ1v) is 10.5. The smallest absolute Gasteiger partial charge is 0.419 e. The van der Waals surface area contributed by atoms with Gasteiger partial charge in [-0.2, -0.15) is 0 Å². The molecule has 3 saturated heterocycles. The number of nitrogens with zero attached hydrogens (tertiary/aromatic N) is 1. The molecule has 0 unspecified atom stereocenters. The zero-order chi connectivity index (χ0) is 19.9. The van der Waals surface area contributed by atoms with Crippen molar-refractivity contribution >= 4 is 12.0 Å². The van der Waals surface area contributed by atoms with Gasteiger partial charge < -0.3 is 18.9 Å². The van der Waals surface area contributed by atoms with E-state index in [1.54, 1.807) is 6.08 Å². The molecule has 0 spiro atoms. The van der Waals surface area contributed by atoms with Crippen molar-refractivity contribution in [1.29, 1.82) is 0 Å². The van der Waals surface area contributed by atoms with Gasteiger partial charge in [0.15, 0.2) is 18.1 Å². The highest BCUT2D eigenvalue weighted by molar-refractivity contribution is 5.95. The van der Waals surface area contributed by atoms with Gasteiger partial charge in [0.1, 0.15) is 12.2 Å². The minimum Gasteiger partial charge on any atom is -0.438 e. The van der Waals surface area contributed by atoms with Crippen molar-refractivity contribution in [2.75, 3.05) is 6.61 Å². The van der Waals surface area contributed by atoms with Crippen LogP contribution in [0, 0.1) is 11.8 Å². The van der Waals surface area contributed by atoms with Crippen LogP contribution in [0.3, 0.4) is 0 Å². The molecule has 28 heavy (non-hydrogen) atoms. The monoisotopic (exact) mass is 393 g/mol. The highest BCUT2D eigenvalue weighted by Crippen LogP contribution is 2.41. The Morgan fingerprint density at radius 3 is 2.75 bits per heavy atom. The summed E-state index contributed by atoms with van der Waals surface area (Å²) in [5, 5.41) is 0. The average molecular weight is 393 g/mol. The third kappa shape index (κ3) is 3.72. The highest BCUT2D eigenvalue weighted by atomic mass is 16.8. The molecule has 0 radical (unpaired) electrons. The van der Waals surface area contributed by atoms with Crippen LogP contribution in [0.15, 0.2) is 12.7 Å². The number of rotatable bonds is 5. The van der Waals surface area contributed by atoms with E-state index < -0.39 is 30.3 Å². The predicted octanol–water partition coefficient (Wildman–Crippen LogP) is 3.37. The number of carbonyl (C=O) groups excluding carboxylic acids is 2. The van der Waals surface area contributed by atoms with Gasteiger partial charge in [-0.15, -0.1) is 6.58 Å². The summed E-state index contributed by atoms with van der Waals surface area (Å²) in [5.41, 5.74) is 0. The van der Waals surface area contributed by atoms with Crippen molar-refractivity contribution in [3.8, 4) is 0 Å². The molecule has 0 aromatic carbocycles. The fourth-order valence-corrected chi connectivity index (χ4v) is 4.98.